The van der Waals surface area contributed by atoms with Crippen molar-refractivity contribution in [2.24, 2.45) is 0 Å². The molecule has 2 amide bonds. The average Bonchev–Trinajstić information content (AvgIpc) is 3.05. The molecule has 2 aromatic rings. The second kappa shape index (κ2) is 7.96. The molecule has 0 spiro atoms. The Bertz CT molecular complexity index is 682. The summed E-state index contributed by atoms with van der Waals surface area (Å²) < 4.78 is 37.3. The average molecular weight is 356 g/mol. The Morgan fingerprint density at radius 1 is 1.08 bits per heavy atom. The zero-order valence-electron chi connectivity index (χ0n) is 12.5. The summed E-state index contributed by atoms with van der Waals surface area (Å²) in [6.07, 6.45) is -3.81. The zero-order valence-corrected chi connectivity index (χ0v) is 13.3. The highest BCUT2D eigenvalue weighted by molar-refractivity contribution is 7.12. The van der Waals surface area contributed by atoms with Gasteiger partial charge < -0.3 is 10.6 Å². The predicted molar refractivity (Wildman–Crippen MR) is 86.0 cm³/mol. The van der Waals surface area contributed by atoms with Crippen molar-refractivity contribution in [3.63, 3.8) is 0 Å². The van der Waals surface area contributed by atoms with Crippen LogP contribution in [0.2, 0.25) is 0 Å². The maximum atomic E-state index is 12.4. The highest BCUT2D eigenvalue weighted by Gasteiger charge is 2.29. The molecule has 0 saturated carbocycles. The van der Waals surface area contributed by atoms with Gasteiger partial charge in [0.1, 0.15) is 0 Å². The third-order valence-corrected chi connectivity index (χ3v) is 3.98. The first-order valence-electron chi connectivity index (χ1n) is 7.15. The van der Waals surface area contributed by atoms with Gasteiger partial charge in [-0.25, -0.2) is 0 Å². The van der Waals surface area contributed by atoms with Crippen molar-refractivity contribution in [3.8, 4) is 0 Å². The van der Waals surface area contributed by atoms with Crippen LogP contribution < -0.4 is 10.6 Å². The van der Waals surface area contributed by atoms with Gasteiger partial charge in [0.05, 0.1) is 10.4 Å². The van der Waals surface area contributed by atoms with Crippen LogP contribution in [0.15, 0.2) is 41.8 Å². The summed E-state index contributed by atoms with van der Waals surface area (Å²) >= 11 is 1.33. The number of anilines is 1. The quantitative estimate of drug-likeness (QED) is 0.771. The normalized spacial score (nSPS) is 11.1. The van der Waals surface area contributed by atoms with Gasteiger partial charge in [-0.05, 0) is 42.1 Å². The molecule has 1 heterocycles. The Hall–Kier alpha value is -2.35. The van der Waals surface area contributed by atoms with E-state index in [0.29, 0.717) is 23.5 Å². The third-order valence-electron chi connectivity index (χ3n) is 3.11. The van der Waals surface area contributed by atoms with Crippen LogP contribution in [0.3, 0.4) is 0 Å². The molecule has 2 N–H and O–H groups in total. The van der Waals surface area contributed by atoms with Gasteiger partial charge in [0.2, 0.25) is 5.91 Å². The van der Waals surface area contributed by atoms with Gasteiger partial charge in [-0.15, -0.1) is 11.3 Å². The number of benzene rings is 1. The fourth-order valence-electron chi connectivity index (χ4n) is 1.91. The van der Waals surface area contributed by atoms with E-state index in [2.05, 4.69) is 10.6 Å². The van der Waals surface area contributed by atoms with Crippen LogP contribution in [-0.2, 0) is 11.0 Å². The molecule has 0 fully saturated rings. The molecule has 0 atom stereocenters. The maximum absolute atomic E-state index is 12.4. The number of hydrogen-bond donors (Lipinski definition) is 2. The van der Waals surface area contributed by atoms with Crippen LogP contribution in [0.4, 0.5) is 18.9 Å². The minimum absolute atomic E-state index is 0.158. The van der Waals surface area contributed by atoms with Crippen molar-refractivity contribution < 1.29 is 22.8 Å². The lowest BCUT2D eigenvalue weighted by Gasteiger charge is -2.09. The number of nitrogens with one attached hydrogen (secondary N) is 2. The van der Waals surface area contributed by atoms with E-state index in [1.54, 1.807) is 17.5 Å². The monoisotopic (exact) mass is 356 g/mol. The molecule has 0 aliphatic heterocycles. The number of carbonyl (C=O) groups excluding carboxylic acids is 2. The van der Waals surface area contributed by atoms with Crippen molar-refractivity contribution >= 4 is 28.8 Å². The van der Waals surface area contributed by atoms with E-state index in [1.807, 2.05) is 0 Å². The molecular weight excluding hydrogens is 341 g/mol. The number of carbonyl (C=O) groups is 2. The Labute approximate surface area is 140 Å². The molecule has 1 aromatic carbocycles. The van der Waals surface area contributed by atoms with Gasteiger partial charge in [-0.3, -0.25) is 9.59 Å². The predicted octanol–water partition coefficient (Wildman–Crippen LogP) is 3.92. The summed E-state index contributed by atoms with van der Waals surface area (Å²) in [5.74, 6) is -0.506. The lowest BCUT2D eigenvalue weighted by molar-refractivity contribution is -0.137. The molecule has 2 rings (SSSR count). The molecular formula is C16H15F3N2O2S. The van der Waals surface area contributed by atoms with Gasteiger partial charge in [0.25, 0.3) is 5.91 Å². The van der Waals surface area contributed by atoms with Crippen LogP contribution in [0.25, 0.3) is 0 Å². The number of amides is 2. The van der Waals surface area contributed by atoms with E-state index in [4.69, 9.17) is 0 Å². The second-order valence-electron chi connectivity index (χ2n) is 4.96. The number of hydrogen-bond acceptors (Lipinski definition) is 3. The SMILES string of the molecule is O=C(CCCNC(=O)c1cccs1)Nc1ccc(C(F)(F)F)cc1. The van der Waals surface area contributed by atoms with Crippen molar-refractivity contribution in [3.05, 3.63) is 52.2 Å². The Morgan fingerprint density at radius 2 is 1.79 bits per heavy atom. The van der Waals surface area contributed by atoms with Gasteiger partial charge in [-0.1, -0.05) is 6.07 Å². The fraction of sp³-hybridized carbons (Fsp3) is 0.250. The molecule has 4 nitrogen and oxygen atoms in total. The minimum Gasteiger partial charge on any atom is -0.351 e. The molecule has 8 heteroatoms. The Morgan fingerprint density at radius 3 is 2.38 bits per heavy atom. The number of halogens is 3. The molecule has 0 radical (unpaired) electrons. The summed E-state index contributed by atoms with van der Waals surface area (Å²) in [7, 11) is 0. The summed E-state index contributed by atoms with van der Waals surface area (Å²) in [5.41, 5.74) is -0.465. The molecule has 0 aliphatic rings. The molecule has 0 bridgehead atoms. The van der Waals surface area contributed by atoms with Crippen LogP contribution in [0.1, 0.15) is 28.1 Å². The molecule has 0 saturated heterocycles. The van der Waals surface area contributed by atoms with Crippen molar-refractivity contribution in [2.45, 2.75) is 19.0 Å². The first kappa shape index (κ1) is 18.0. The van der Waals surface area contributed by atoms with E-state index in [0.717, 1.165) is 12.1 Å². The number of thiophene rings is 1. The summed E-state index contributed by atoms with van der Waals surface area (Å²) in [4.78, 5) is 24.0. The maximum Gasteiger partial charge on any atom is 0.416 e. The largest absolute Gasteiger partial charge is 0.416 e. The molecule has 128 valence electrons. The summed E-state index contributed by atoms with van der Waals surface area (Å²) in [6, 6.07) is 7.72. The Kier molecular flexibility index (Phi) is 5.97. The second-order valence-corrected chi connectivity index (χ2v) is 5.91. The van der Waals surface area contributed by atoms with Crippen LogP contribution >= 0.6 is 11.3 Å². The third kappa shape index (κ3) is 5.38. The van der Waals surface area contributed by atoms with E-state index in [1.165, 1.54) is 23.5 Å². The number of alkyl halides is 3. The highest BCUT2D eigenvalue weighted by atomic mass is 32.1. The first-order valence-corrected chi connectivity index (χ1v) is 8.03. The molecule has 1 aromatic heterocycles. The smallest absolute Gasteiger partial charge is 0.351 e. The highest BCUT2D eigenvalue weighted by Crippen LogP contribution is 2.29. The summed E-state index contributed by atoms with van der Waals surface area (Å²) in [6.45, 7) is 0.344. The lowest BCUT2D eigenvalue weighted by atomic mass is 10.2. The number of rotatable bonds is 6. The topological polar surface area (TPSA) is 58.2 Å². The van der Waals surface area contributed by atoms with Gasteiger partial charge in [0.15, 0.2) is 0 Å². The standard InChI is InChI=1S/C16H15F3N2O2S/c17-16(18,19)11-5-7-12(8-6-11)21-14(22)4-1-9-20-15(23)13-3-2-10-24-13/h2-3,5-8,10H,1,4,9H2,(H,20,23)(H,21,22). The molecule has 0 aliphatic carbocycles. The van der Waals surface area contributed by atoms with Gasteiger partial charge in [0, 0.05) is 18.7 Å². The van der Waals surface area contributed by atoms with Crippen LogP contribution in [-0.4, -0.2) is 18.4 Å². The minimum atomic E-state index is -4.40. The van der Waals surface area contributed by atoms with E-state index in [9.17, 15) is 22.8 Å². The molecule has 0 unspecified atom stereocenters. The van der Waals surface area contributed by atoms with Gasteiger partial charge >= 0.3 is 6.18 Å². The van der Waals surface area contributed by atoms with Crippen LogP contribution in [0.5, 0.6) is 0 Å². The van der Waals surface area contributed by atoms with Gasteiger partial charge in [-0.2, -0.15) is 13.2 Å². The Balaban J connectivity index is 1.70. The fourth-order valence-corrected chi connectivity index (χ4v) is 2.55. The van der Waals surface area contributed by atoms with E-state index in [-0.39, 0.29) is 18.2 Å². The van der Waals surface area contributed by atoms with Crippen molar-refractivity contribution in [2.75, 3.05) is 11.9 Å². The van der Waals surface area contributed by atoms with E-state index < -0.39 is 11.7 Å². The van der Waals surface area contributed by atoms with E-state index >= 15 is 0 Å². The lowest BCUT2D eigenvalue weighted by Crippen LogP contribution is -2.24. The molecule has 24 heavy (non-hydrogen) atoms. The summed E-state index contributed by atoms with van der Waals surface area (Å²) in [5, 5.41) is 7.01. The zero-order chi connectivity index (χ0) is 17.6. The first-order chi connectivity index (χ1) is 11.4. The van der Waals surface area contributed by atoms with Crippen molar-refractivity contribution in [1.29, 1.82) is 0 Å². The van der Waals surface area contributed by atoms with Crippen LogP contribution in [0, 0.1) is 0 Å². The van der Waals surface area contributed by atoms with Crippen molar-refractivity contribution in [1.82, 2.24) is 5.32 Å².